The predicted molar refractivity (Wildman–Crippen MR) is 96.2 cm³/mol. The predicted octanol–water partition coefficient (Wildman–Crippen LogP) is 4.39. The van der Waals surface area contributed by atoms with E-state index in [9.17, 15) is 18.0 Å². The van der Waals surface area contributed by atoms with Crippen molar-refractivity contribution in [3.05, 3.63) is 65.8 Å². The molecule has 3 rings (SSSR count). The number of carbonyl (C=O) groups excluding carboxylic acids is 1. The summed E-state index contributed by atoms with van der Waals surface area (Å²) in [7, 11) is 0. The van der Waals surface area contributed by atoms with Crippen molar-refractivity contribution in [2.24, 2.45) is 0 Å². The Morgan fingerprint density at radius 3 is 2.43 bits per heavy atom. The van der Waals surface area contributed by atoms with Crippen molar-refractivity contribution in [1.82, 2.24) is 15.0 Å². The number of ether oxygens (including phenoxy) is 1. The molecule has 0 saturated carbocycles. The SMILES string of the molecule is O=C(Nc1cnc(OCC(F)(F)F)c(-c2ccc(Cl)cc2)c1)c1cncnc1. The second kappa shape index (κ2) is 8.22. The Morgan fingerprint density at radius 1 is 1.11 bits per heavy atom. The monoisotopic (exact) mass is 408 g/mol. The zero-order valence-electron chi connectivity index (χ0n) is 14.1. The fraction of sp³-hybridized carbons (Fsp3) is 0.111. The standard InChI is InChI=1S/C18H12ClF3N4O2/c19-13-3-1-11(2-4-13)15-5-14(8-25-17(15)28-9-18(20,21)22)26-16(27)12-6-23-10-24-7-12/h1-8,10H,9H2,(H,26,27). The smallest absolute Gasteiger partial charge is 0.422 e. The molecule has 28 heavy (non-hydrogen) atoms. The van der Waals surface area contributed by atoms with E-state index in [-0.39, 0.29) is 22.7 Å². The van der Waals surface area contributed by atoms with Crippen LogP contribution in [0.15, 0.2) is 55.2 Å². The van der Waals surface area contributed by atoms with E-state index < -0.39 is 18.7 Å². The third-order valence-corrected chi connectivity index (χ3v) is 3.71. The highest BCUT2D eigenvalue weighted by Crippen LogP contribution is 2.32. The molecule has 0 aliphatic heterocycles. The molecule has 0 fully saturated rings. The van der Waals surface area contributed by atoms with E-state index in [0.717, 1.165) is 0 Å². The van der Waals surface area contributed by atoms with Crippen LogP contribution in [0.3, 0.4) is 0 Å². The Morgan fingerprint density at radius 2 is 1.79 bits per heavy atom. The number of pyridine rings is 1. The van der Waals surface area contributed by atoms with Crippen LogP contribution in [0, 0.1) is 0 Å². The second-order valence-electron chi connectivity index (χ2n) is 5.57. The van der Waals surface area contributed by atoms with Gasteiger partial charge in [0.15, 0.2) is 6.61 Å². The van der Waals surface area contributed by atoms with Crippen LogP contribution in [0.5, 0.6) is 5.88 Å². The molecule has 2 heterocycles. The Kier molecular flexibility index (Phi) is 5.74. The number of aromatic nitrogens is 3. The molecule has 0 radical (unpaired) electrons. The van der Waals surface area contributed by atoms with Gasteiger partial charge in [0.2, 0.25) is 5.88 Å². The molecule has 1 amide bonds. The summed E-state index contributed by atoms with van der Waals surface area (Å²) in [4.78, 5) is 23.7. The van der Waals surface area contributed by atoms with Crippen molar-refractivity contribution < 1.29 is 22.7 Å². The Bertz CT molecular complexity index is 967. The van der Waals surface area contributed by atoms with Crippen LogP contribution < -0.4 is 10.1 Å². The minimum atomic E-state index is -4.51. The number of hydrogen-bond acceptors (Lipinski definition) is 5. The molecule has 144 valence electrons. The third-order valence-electron chi connectivity index (χ3n) is 3.46. The number of halogens is 4. The molecule has 6 nitrogen and oxygen atoms in total. The number of benzene rings is 1. The molecular weight excluding hydrogens is 397 g/mol. The first kappa shape index (κ1) is 19.6. The normalized spacial score (nSPS) is 11.1. The maximum atomic E-state index is 12.5. The lowest BCUT2D eigenvalue weighted by atomic mass is 10.1. The van der Waals surface area contributed by atoms with Gasteiger partial charge < -0.3 is 10.1 Å². The molecule has 0 aliphatic carbocycles. The van der Waals surface area contributed by atoms with Gasteiger partial charge in [0.05, 0.1) is 17.4 Å². The van der Waals surface area contributed by atoms with Gasteiger partial charge in [-0.05, 0) is 23.8 Å². The lowest BCUT2D eigenvalue weighted by molar-refractivity contribution is -0.154. The van der Waals surface area contributed by atoms with Crippen LogP contribution in [0.4, 0.5) is 18.9 Å². The van der Waals surface area contributed by atoms with Crippen molar-refractivity contribution in [3.8, 4) is 17.0 Å². The first-order valence-corrected chi connectivity index (χ1v) is 8.21. The summed E-state index contributed by atoms with van der Waals surface area (Å²) in [6.07, 6.45) is 0.628. The van der Waals surface area contributed by atoms with Crippen LogP contribution in [-0.4, -0.2) is 33.6 Å². The number of nitrogens with one attached hydrogen (secondary N) is 1. The summed E-state index contributed by atoms with van der Waals surface area (Å²) < 4.78 is 42.4. The van der Waals surface area contributed by atoms with E-state index in [0.29, 0.717) is 10.6 Å². The molecule has 3 aromatic rings. The van der Waals surface area contributed by atoms with Crippen LogP contribution in [-0.2, 0) is 0 Å². The Labute approximate surface area is 162 Å². The second-order valence-corrected chi connectivity index (χ2v) is 6.01. The highest BCUT2D eigenvalue weighted by atomic mass is 35.5. The maximum Gasteiger partial charge on any atom is 0.422 e. The third kappa shape index (κ3) is 5.17. The van der Waals surface area contributed by atoms with Gasteiger partial charge >= 0.3 is 6.18 Å². The average Bonchev–Trinajstić information content (AvgIpc) is 2.67. The van der Waals surface area contributed by atoms with Crippen molar-refractivity contribution in [2.75, 3.05) is 11.9 Å². The van der Waals surface area contributed by atoms with E-state index in [2.05, 4.69) is 20.3 Å². The van der Waals surface area contributed by atoms with Gasteiger partial charge in [-0.2, -0.15) is 13.2 Å². The Balaban J connectivity index is 1.91. The van der Waals surface area contributed by atoms with Gasteiger partial charge in [-0.25, -0.2) is 15.0 Å². The van der Waals surface area contributed by atoms with E-state index in [1.807, 2.05) is 0 Å². The number of carbonyl (C=O) groups is 1. The van der Waals surface area contributed by atoms with Gasteiger partial charge in [-0.3, -0.25) is 4.79 Å². The summed E-state index contributed by atoms with van der Waals surface area (Å²) in [6, 6.07) is 7.84. The first-order valence-electron chi connectivity index (χ1n) is 7.84. The van der Waals surface area contributed by atoms with Crippen molar-refractivity contribution in [1.29, 1.82) is 0 Å². The molecule has 0 aliphatic rings. The molecule has 0 unspecified atom stereocenters. The van der Waals surface area contributed by atoms with E-state index in [1.54, 1.807) is 24.3 Å². The van der Waals surface area contributed by atoms with Gasteiger partial charge in [0.25, 0.3) is 5.91 Å². The number of amides is 1. The van der Waals surface area contributed by atoms with Gasteiger partial charge in [0.1, 0.15) is 6.33 Å². The van der Waals surface area contributed by atoms with E-state index >= 15 is 0 Å². The molecule has 0 atom stereocenters. The van der Waals surface area contributed by atoms with E-state index in [1.165, 1.54) is 31.0 Å². The first-order chi connectivity index (χ1) is 13.3. The molecular formula is C18H12ClF3N4O2. The molecule has 1 N–H and O–H groups in total. The lowest BCUT2D eigenvalue weighted by Gasteiger charge is -2.14. The molecule has 0 saturated heterocycles. The van der Waals surface area contributed by atoms with Crippen LogP contribution >= 0.6 is 11.6 Å². The van der Waals surface area contributed by atoms with Crippen LogP contribution in [0.2, 0.25) is 5.02 Å². The summed E-state index contributed by atoms with van der Waals surface area (Å²) in [5.41, 5.74) is 1.27. The fourth-order valence-electron chi connectivity index (χ4n) is 2.24. The zero-order chi connectivity index (χ0) is 20.1. The minimum Gasteiger partial charge on any atom is -0.468 e. The Hall–Kier alpha value is -3.20. The summed E-state index contributed by atoms with van der Waals surface area (Å²) >= 11 is 5.86. The molecule has 10 heteroatoms. The van der Waals surface area contributed by atoms with Crippen molar-refractivity contribution >= 4 is 23.2 Å². The highest BCUT2D eigenvalue weighted by molar-refractivity contribution is 6.30. The van der Waals surface area contributed by atoms with Gasteiger partial charge in [-0.15, -0.1) is 0 Å². The van der Waals surface area contributed by atoms with Gasteiger partial charge in [-0.1, -0.05) is 23.7 Å². The summed E-state index contributed by atoms with van der Waals surface area (Å²) in [6.45, 7) is -1.49. The van der Waals surface area contributed by atoms with Gasteiger partial charge in [0, 0.05) is 23.0 Å². The molecule has 0 bridgehead atoms. The largest absolute Gasteiger partial charge is 0.468 e. The minimum absolute atomic E-state index is 0.216. The number of hydrogen-bond donors (Lipinski definition) is 1. The zero-order valence-corrected chi connectivity index (χ0v) is 14.8. The van der Waals surface area contributed by atoms with Crippen LogP contribution in [0.25, 0.3) is 11.1 Å². The summed E-state index contributed by atoms with van der Waals surface area (Å²) in [5, 5.41) is 3.06. The number of nitrogens with zero attached hydrogens (tertiary/aromatic N) is 3. The van der Waals surface area contributed by atoms with Crippen molar-refractivity contribution in [3.63, 3.8) is 0 Å². The lowest BCUT2D eigenvalue weighted by Crippen LogP contribution is -2.20. The maximum absolute atomic E-state index is 12.5. The molecule has 2 aromatic heterocycles. The van der Waals surface area contributed by atoms with Crippen LogP contribution in [0.1, 0.15) is 10.4 Å². The summed E-state index contributed by atoms with van der Waals surface area (Å²) in [5.74, 6) is -0.714. The highest BCUT2D eigenvalue weighted by Gasteiger charge is 2.29. The number of anilines is 1. The number of alkyl halides is 3. The molecule has 1 aromatic carbocycles. The quantitative estimate of drug-likeness (QED) is 0.677. The van der Waals surface area contributed by atoms with E-state index in [4.69, 9.17) is 16.3 Å². The fourth-order valence-corrected chi connectivity index (χ4v) is 2.37. The topological polar surface area (TPSA) is 77.0 Å². The average molecular weight is 409 g/mol. The number of rotatable bonds is 5. The molecule has 0 spiro atoms. The van der Waals surface area contributed by atoms with Crippen molar-refractivity contribution in [2.45, 2.75) is 6.18 Å².